The van der Waals surface area contributed by atoms with E-state index in [2.05, 4.69) is 29.0 Å². The van der Waals surface area contributed by atoms with Crippen molar-refractivity contribution < 1.29 is 23.8 Å². The molecule has 8 nitrogen and oxygen atoms in total. The number of aliphatic carboxylic acids is 1. The van der Waals surface area contributed by atoms with Crippen molar-refractivity contribution in [3.63, 3.8) is 0 Å². The minimum absolute atomic E-state index is 0.204. The summed E-state index contributed by atoms with van der Waals surface area (Å²) in [5.41, 5.74) is 4.49. The van der Waals surface area contributed by atoms with Crippen LogP contribution in [0.1, 0.15) is 89.6 Å². The van der Waals surface area contributed by atoms with Crippen LogP contribution in [0.5, 0.6) is 5.75 Å². The number of carboxylic acids is 1. The van der Waals surface area contributed by atoms with Crippen molar-refractivity contribution in [2.24, 2.45) is 5.41 Å². The minimum atomic E-state index is -1.19. The topological polar surface area (TPSA) is 87.2 Å². The van der Waals surface area contributed by atoms with E-state index in [-0.39, 0.29) is 11.2 Å². The molecule has 2 aliphatic rings. The number of nitrogens with one attached hydrogen (secondary N) is 1. The molecule has 0 radical (unpaired) electrons. The first-order valence-corrected chi connectivity index (χ1v) is 17.9. The Kier molecular flexibility index (Phi) is 11.9. The average molecular weight is 675 g/mol. The number of anilines is 2. The van der Waals surface area contributed by atoms with Crippen molar-refractivity contribution in [3.05, 3.63) is 71.2 Å². The molecule has 0 aliphatic carbocycles. The third kappa shape index (κ3) is 9.94. The van der Waals surface area contributed by atoms with E-state index < -0.39 is 17.7 Å². The summed E-state index contributed by atoms with van der Waals surface area (Å²) in [6.45, 7) is 18.1. The number of nitrogens with zero attached hydrogens (tertiary/aromatic N) is 3. The number of benzene rings is 2. The lowest BCUT2D eigenvalue weighted by Gasteiger charge is -2.41. The number of piperidine rings is 2. The Hall–Kier alpha value is -3.69. The first-order valence-electron chi connectivity index (χ1n) is 17.9. The third-order valence-electron chi connectivity index (χ3n) is 9.67. The van der Waals surface area contributed by atoms with E-state index in [1.807, 2.05) is 52.0 Å². The number of pyridine rings is 1. The van der Waals surface area contributed by atoms with Gasteiger partial charge in [0.15, 0.2) is 6.10 Å². The van der Waals surface area contributed by atoms with Crippen molar-refractivity contribution in [2.45, 2.75) is 91.8 Å². The van der Waals surface area contributed by atoms with Gasteiger partial charge in [-0.2, -0.15) is 0 Å². The van der Waals surface area contributed by atoms with Crippen LogP contribution >= 0.6 is 0 Å². The smallest absolute Gasteiger partial charge is 0.337 e. The standard InChI is InChI=1S/C40H55FN4O4/c1-28-33(36(38(46)47)49-39(2,3)4)35(45-24-19-40(5,6)20-25-45)34(37(43-28)42-21-26-44-22-8-7-9-23-44)30-12-16-32(17-13-30)48-27-18-29-10-14-31(41)15-11-29/h10-17,36H,7-9,18-27H2,1-6H3,(H,42,43)(H,46,47). The number of carbonyl (C=O) groups is 1. The van der Waals surface area contributed by atoms with Crippen LogP contribution in [-0.2, 0) is 16.0 Å². The van der Waals surface area contributed by atoms with Gasteiger partial charge < -0.3 is 29.7 Å². The summed E-state index contributed by atoms with van der Waals surface area (Å²) >= 11 is 0. The Balaban J connectivity index is 1.54. The van der Waals surface area contributed by atoms with Gasteiger partial charge in [-0.15, -0.1) is 0 Å². The Morgan fingerprint density at radius 2 is 1.65 bits per heavy atom. The molecule has 5 rings (SSSR count). The number of hydrogen-bond acceptors (Lipinski definition) is 7. The quantitative estimate of drug-likeness (QED) is 0.187. The van der Waals surface area contributed by atoms with Gasteiger partial charge in [-0.1, -0.05) is 44.5 Å². The third-order valence-corrected chi connectivity index (χ3v) is 9.67. The molecule has 0 amide bonds. The molecular formula is C40H55FN4O4. The van der Waals surface area contributed by atoms with Gasteiger partial charge in [-0.3, -0.25) is 0 Å². The van der Waals surface area contributed by atoms with Gasteiger partial charge in [0.1, 0.15) is 17.4 Å². The number of aromatic nitrogens is 1. The van der Waals surface area contributed by atoms with Crippen LogP contribution in [0.2, 0.25) is 0 Å². The molecule has 2 aromatic carbocycles. The fourth-order valence-corrected chi connectivity index (χ4v) is 6.84. The van der Waals surface area contributed by atoms with Gasteiger partial charge in [0.05, 0.1) is 17.9 Å². The Morgan fingerprint density at radius 3 is 2.27 bits per heavy atom. The Labute approximate surface area is 292 Å². The molecular weight excluding hydrogens is 619 g/mol. The lowest BCUT2D eigenvalue weighted by atomic mass is 9.82. The molecule has 0 spiro atoms. The van der Waals surface area contributed by atoms with E-state index in [0.717, 1.165) is 86.1 Å². The van der Waals surface area contributed by atoms with E-state index in [0.29, 0.717) is 24.3 Å². The van der Waals surface area contributed by atoms with Gasteiger partial charge in [0, 0.05) is 49.4 Å². The van der Waals surface area contributed by atoms with Crippen LogP contribution in [0.3, 0.4) is 0 Å². The maximum atomic E-state index is 13.3. The zero-order valence-electron chi connectivity index (χ0n) is 30.3. The molecule has 1 atom stereocenters. The SMILES string of the molecule is Cc1nc(NCCN2CCCCC2)c(-c2ccc(OCCc3ccc(F)cc3)cc2)c(N2CCC(C)(C)CC2)c1C(OC(C)(C)C)C(=O)O. The second kappa shape index (κ2) is 15.9. The summed E-state index contributed by atoms with van der Waals surface area (Å²) < 4.78 is 25.7. The second-order valence-electron chi connectivity index (χ2n) is 15.4. The van der Waals surface area contributed by atoms with Crippen molar-refractivity contribution in [1.82, 2.24) is 9.88 Å². The molecule has 1 aromatic heterocycles. The lowest BCUT2D eigenvalue weighted by Crippen LogP contribution is -2.39. The van der Waals surface area contributed by atoms with Gasteiger partial charge in [-0.05, 0) is 107 Å². The van der Waals surface area contributed by atoms with Gasteiger partial charge >= 0.3 is 5.97 Å². The van der Waals surface area contributed by atoms with Crippen LogP contribution in [0, 0.1) is 18.2 Å². The van der Waals surface area contributed by atoms with E-state index >= 15 is 0 Å². The van der Waals surface area contributed by atoms with Crippen LogP contribution in [0.15, 0.2) is 48.5 Å². The molecule has 2 N–H and O–H groups in total. The molecule has 266 valence electrons. The van der Waals surface area contributed by atoms with Crippen LogP contribution in [0.25, 0.3) is 11.1 Å². The highest BCUT2D eigenvalue weighted by atomic mass is 19.1. The first-order chi connectivity index (χ1) is 23.3. The summed E-state index contributed by atoms with van der Waals surface area (Å²) in [4.78, 5) is 22.9. The molecule has 3 aromatic rings. The van der Waals surface area contributed by atoms with E-state index in [9.17, 15) is 14.3 Å². The number of ether oxygens (including phenoxy) is 2. The zero-order chi connectivity index (χ0) is 35.2. The molecule has 2 fully saturated rings. The van der Waals surface area contributed by atoms with Crippen LogP contribution < -0.4 is 15.0 Å². The Bertz CT molecular complexity index is 1540. The second-order valence-corrected chi connectivity index (χ2v) is 15.4. The highest BCUT2D eigenvalue weighted by molar-refractivity contribution is 5.92. The molecule has 3 heterocycles. The van der Waals surface area contributed by atoms with Gasteiger partial charge in [0.25, 0.3) is 0 Å². The average Bonchev–Trinajstić information content (AvgIpc) is 3.05. The number of halogens is 1. The highest BCUT2D eigenvalue weighted by Crippen LogP contribution is 2.46. The first kappa shape index (κ1) is 36.6. The number of hydrogen-bond donors (Lipinski definition) is 2. The van der Waals surface area contributed by atoms with Gasteiger partial charge in [-0.25, -0.2) is 14.2 Å². The fraction of sp³-hybridized carbons (Fsp3) is 0.550. The normalized spacial score (nSPS) is 17.5. The molecule has 49 heavy (non-hydrogen) atoms. The molecule has 2 aliphatic heterocycles. The molecule has 9 heteroatoms. The Morgan fingerprint density at radius 1 is 1.00 bits per heavy atom. The predicted molar refractivity (Wildman–Crippen MR) is 195 cm³/mol. The van der Waals surface area contributed by atoms with Crippen molar-refractivity contribution >= 4 is 17.5 Å². The largest absolute Gasteiger partial charge is 0.493 e. The molecule has 1 unspecified atom stereocenters. The maximum absolute atomic E-state index is 13.3. The van der Waals surface area contributed by atoms with Crippen molar-refractivity contribution in [2.75, 3.05) is 56.1 Å². The number of aryl methyl sites for hydroxylation is 1. The minimum Gasteiger partial charge on any atom is -0.493 e. The molecule has 2 saturated heterocycles. The van der Waals surface area contributed by atoms with E-state index in [1.54, 1.807) is 12.1 Å². The fourth-order valence-electron chi connectivity index (χ4n) is 6.84. The van der Waals surface area contributed by atoms with Gasteiger partial charge in [0.2, 0.25) is 0 Å². The van der Waals surface area contributed by atoms with Crippen LogP contribution in [0.4, 0.5) is 15.9 Å². The summed E-state index contributed by atoms with van der Waals surface area (Å²) in [7, 11) is 0. The van der Waals surface area contributed by atoms with E-state index in [1.165, 1.54) is 31.4 Å². The van der Waals surface area contributed by atoms with Crippen molar-refractivity contribution in [1.29, 1.82) is 0 Å². The monoisotopic (exact) mass is 674 g/mol. The molecule has 0 bridgehead atoms. The summed E-state index contributed by atoms with van der Waals surface area (Å²) in [5.74, 6) is 0.205. The summed E-state index contributed by atoms with van der Waals surface area (Å²) in [6.07, 6.45) is 5.21. The van der Waals surface area contributed by atoms with Crippen molar-refractivity contribution in [3.8, 4) is 16.9 Å². The lowest BCUT2D eigenvalue weighted by molar-refractivity contribution is -0.160. The number of rotatable bonds is 13. The number of carboxylic acid groups (broad SMARTS) is 1. The maximum Gasteiger partial charge on any atom is 0.337 e. The molecule has 0 saturated carbocycles. The predicted octanol–water partition coefficient (Wildman–Crippen LogP) is 8.28. The summed E-state index contributed by atoms with van der Waals surface area (Å²) in [5, 5.41) is 14.3. The van der Waals surface area contributed by atoms with E-state index in [4.69, 9.17) is 14.5 Å². The summed E-state index contributed by atoms with van der Waals surface area (Å²) in [6, 6.07) is 14.5. The van der Waals surface area contributed by atoms with Crippen LogP contribution in [-0.4, -0.2) is 72.4 Å². The zero-order valence-corrected chi connectivity index (χ0v) is 30.3. The number of likely N-dealkylation sites (tertiary alicyclic amines) is 1. The highest BCUT2D eigenvalue weighted by Gasteiger charge is 2.37.